The topological polar surface area (TPSA) is 66.7 Å². The molecule has 1 fully saturated rings. The van der Waals surface area contributed by atoms with Gasteiger partial charge in [0, 0.05) is 26.2 Å². The Labute approximate surface area is 170 Å². The zero-order chi connectivity index (χ0) is 20.2. The Kier molecular flexibility index (Phi) is 4.34. The van der Waals surface area contributed by atoms with Crippen molar-refractivity contribution in [2.45, 2.75) is 24.8 Å². The van der Waals surface area contributed by atoms with Gasteiger partial charge in [-0.2, -0.15) is 4.31 Å². The highest BCUT2D eigenvalue weighted by atomic mass is 32.2. The Balaban J connectivity index is 1.42. The maximum absolute atomic E-state index is 13.1. The molecule has 29 heavy (non-hydrogen) atoms. The van der Waals surface area contributed by atoms with Gasteiger partial charge in [-0.3, -0.25) is 4.90 Å². The van der Waals surface area contributed by atoms with Crippen molar-refractivity contribution in [3.8, 4) is 11.1 Å². The highest BCUT2D eigenvalue weighted by Crippen LogP contribution is 2.46. The lowest BCUT2D eigenvalue weighted by molar-refractivity contribution is 0.158. The van der Waals surface area contributed by atoms with Gasteiger partial charge in [0.25, 0.3) is 0 Å². The summed E-state index contributed by atoms with van der Waals surface area (Å²) in [6, 6.07) is 17.2. The summed E-state index contributed by atoms with van der Waals surface area (Å²) in [5, 5.41) is 3.81. The van der Waals surface area contributed by atoms with Crippen molar-refractivity contribution in [3.63, 3.8) is 0 Å². The van der Waals surface area contributed by atoms with E-state index in [1.807, 2.05) is 0 Å². The van der Waals surface area contributed by atoms with E-state index in [0.29, 0.717) is 37.6 Å². The summed E-state index contributed by atoms with van der Waals surface area (Å²) >= 11 is 0. The first-order chi connectivity index (χ1) is 14.0. The molecule has 1 saturated heterocycles. The van der Waals surface area contributed by atoms with Gasteiger partial charge in [-0.1, -0.05) is 53.7 Å². The number of rotatable bonds is 3. The molecule has 1 aliphatic carbocycles. The Hall–Kier alpha value is -2.48. The molecular formula is C22H23N3O3S. The molecular weight excluding hydrogens is 386 g/mol. The number of hydrogen-bond donors (Lipinski definition) is 0. The number of nitrogens with zero attached hydrogens (tertiary/aromatic N) is 3. The maximum atomic E-state index is 13.1. The van der Waals surface area contributed by atoms with Crippen LogP contribution in [-0.4, -0.2) is 49.0 Å². The van der Waals surface area contributed by atoms with Gasteiger partial charge in [-0.15, -0.1) is 0 Å². The second-order valence-corrected chi connectivity index (χ2v) is 9.55. The predicted molar refractivity (Wildman–Crippen MR) is 110 cm³/mol. The second kappa shape index (κ2) is 6.79. The molecule has 0 unspecified atom stereocenters. The van der Waals surface area contributed by atoms with Crippen molar-refractivity contribution in [2.75, 3.05) is 26.2 Å². The normalized spacial score (nSPS) is 18.0. The standard InChI is InChI=1S/C22H23N3O3S/c1-15-22(16(2)28-23-15)29(26,27)25-13-11-24(12-14-25)21-19-9-5-3-7-17(19)18-8-4-6-10-20(18)21/h3-10,21H,11-14H2,1-2H3. The SMILES string of the molecule is Cc1noc(C)c1S(=O)(=O)N1CCN(C2c3ccccc3-c3ccccc32)CC1. The van der Waals surface area contributed by atoms with Crippen molar-refractivity contribution in [3.05, 3.63) is 71.1 Å². The van der Waals surface area contributed by atoms with Crippen LogP contribution in [0, 0.1) is 13.8 Å². The van der Waals surface area contributed by atoms with E-state index in [4.69, 9.17) is 4.52 Å². The lowest BCUT2D eigenvalue weighted by Crippen LogP contribution is -2.49. The molecule has 0 amide bonds. The minimum absolute atomic E-state index is 0.173. The zero-order valence-electron chi connectivity index (χ0n) is 16.5. The zero-order valence-corrected chi connectivity index (χ0v) is 17.3. The highest BCUT2D eigenvalue weighted by molar-refractivity contribution is 7.89. The molecule has 1 aliphatic heterocycles. The summed E-state index contributed by atoms with van der Waals surface area (Å²) in [7, 11) is -3.60. The minimum Gasteiger partial charge on any atom is -0.360 e. The Morgan fingerprint density at radius 1 is 0.897 bits per heavy atom. The number of hydrogen-bond acceptors (Lipinski definition) is 5. The minimum atomic E-state index is -3.60. The van der Waals surface area contributed by atoms with Crippen LogP contribution < -0.4 is 0 Å². The first kappa shape index (κ1) is 18.5. The summed E-state index contributed by atoms with van der Waals surface area (Å²) in [6.07, 6.45) is 0. The first-order valence-electron chi connectivity index (χ1n) is 9.84. The summed E-state index contributed by atoms with van der Waals surface area (Å²) in [5.74, 6) is 0.351. The van der Waals surface area contributed by atoms with Crippen molar-refractivity contribution >= 4 is 10.0 Å². The van der Waals surface area contributed by atoms with Gasteiger partial charge >= 0.3 is 0 Å². The van der Waals surface area contributed by atoms with Gasteiger partial charge in [0.1, 0.15) is 10.6 Å². The van der Waals surface area contributed by atoms with Gasteiger partial charge in [0.15, 0.2) is 5.76 Å². The number of aryl methyl sites for hydroxylation is 2. The monoisotopic (exact) mass is 409 g/mol. The van der Waals surface area contributed by atoms with E-state index in [-0.39, 0.29) is 10.9 Å². The lowest BCUT2D eigenvalue weighted by atomic mass is 10.0. The average Bonchev–Trinajstić information content (AvgIpc) is 3.25. The van der Waals surface area contributed by atoms with Crippen LogP contribution in [0.5, 0.6) is 0 Å². The highest BCUT2D eigenvalue weighted by Gasteiger charge is 2.38. The van der Waals surface area contributed by atoms with Crippen molar-refractivity contribution in [1.29, 1.82) is 0 Å². The third kappa shape index (κ3) is 2.84. The van der Waals surface area contributed by atoms with Gasteiger partial charge in [0.2, 0.25) is 10.0 Å². The van der Waals surface area contributed by atoms with Crippen LogP contribution in [0.3, 0.4) is 0 Å². The Morgan fingerprint density at radius 3 is 1.97 bits per heavy atom. The molecule has 0 atom stereocenters. The van der Waals surface area contributed by atoms with Crippen LogP contribution in [0.15, 0.2) is 57.9 Å². The second-order valence-electron chi connectivity index (χ2n) is 7.67. The van der Waals surface area contributed by atoms with Gasteiger partial charge < -0.3 is 4.52 Å². The summed E-state index contributed by atoms with van der Waals surface area (Å²) in [4.78, 5) is 2.60. The summed E-state index contributed by atoms with van der Waals surface area (Å²) in [6.45, 7) is 5.58. The first-order valence-corrected chi connectivity index (χ1v) is 11.3. The molecule has 6 nitrogen and oxygen atoms in total. The molecule has 0 bridgehead atoms. The Morgan fingerprint density at radius 2 is 1.45 bits per heavy atom. The number of benzene rings is 2. The molecule has 2 heterocycles. The van der Waals surface area contributed by atoms with Crippen LogP contribution in [-0.2, 0) is 10.0 Å². The smallest absolute Gasteiger partial charge is 0.248 e. The number of aromatic nitrogens is 1. The van der Waals surface area contributed by atoms with E-state index in [0.717, 1.165) is 0 Å². The van der Waals surface area contributed by atoms with E-state index in [2.05, 4.69) is 58.6 Å². The fraction of sp³-hybridized carbons (Fsp3) is 0.318. The van der Waals surface area contributed by atoms with Crippen LogP contribution in [0.1, 0.15) is 28.6 Å². The van der Waals surface area contributed by atoms with Crippen molar-refractivity contribution in [1.82, 2.24) is 14.4 Å². The van der Waals surface area contributed by atoms with Crippen LogP contribution >= 0.6 is 0 Å². The molecule has 1 aromatic heterocycles. The van der Waals surface area contributed by atoms with E-state index < -0.39 is 10.0 Å². The molecule has 0 saturated carbocycles. The summed E-state index contributed by atoms with van der Waals surface area (Å²) < 4.78 is 32.9. The molecule has 7 heteroatoms. The maximum Gasteiger partial charge on any atom is 0.248 e. The molecule has 0 spiro atoms. The Bertz CT molecular complexity index is 1110. The van der Waals surface area contributed by atoms with Gasteiger partial charge in [0.05, 0.1) is 6.04 Å². The fourth-order valence-corrected chi connectivity index (χ4v) is 6.41. The third-order valence-electron chi connectivity index (χ3n) is 6.01. The quantitative estimate of drug-likeness (QED) is 0.664. The van der Waals surface area contributed by atoms with E-state index in [1.165, 1.54) is 22.3 Å². The van der Waals surface area contributed by atoms with Crippen molar-refractivity contribution < 1.29 is 12.9 Å². The van der Waals surface area contributed by atoms with Gasteiger partial charge in [-0.05, 0) is 36.1 Å². The molecule has 0 radical (unpaired) electrons. The summed E-state index contributed by atoms with van der Waals surface area (Å²) in [5.41, 5.74) is 5.58. The fourth-order valence-electron chi connectivity index (χ4n) is 4.70. The number of fused-ring (bicyclic) bond motifs is 3. The van der Waals surface area contributed by atoms with Crippen LogP contribution in [0.2, 0.25) is 0 Å². The largest absolute Gasteiger partial charge is 0.360 e. The molecule has 2 aromatic carbocycles. The third-order valence-corrected chi connectivity index (χ3v) is 8.15. The molecule has 5 rings (SSSR count). The molecule has 0 N–H and O–H groups in total. The lowest BCUT2D eigenvalue weighted by Gasteiger charge is -2.38. The van der Waals surface area contributed by atoms with E-state index in [1.54, 1.807) is 18.2 Å². The number of sulfonamides is 1. The van der Waals surface area contributed by atoms with E-state index >= 15 is 0 Å². The van der Waals surface area contributed by atoms with Gasteiger partial charge in [-0.25, -0.2) is 8.42 Å². The molecule has 150 valence electrons. The van der Waals surface area contributed by atoms with Crippen LogP contribution in [0.25, 0.3) is 11.1 Å². The van der Waals surface area contributed by atoms with E-state index in [9.17, 15) is 8.42 Å². The van der Waals surface area contributed by atoms with Crippen LogP contribution in [0.4, 0.5) is 0 Å². The molecule has 3 aromatic rings. The number of piperazine rings is 1. The van der Waals surface area contributed by atoms with Crippen molar-refractivity contribution in [2.24, 2.45) is 0 Å². The molecule has 2 aliphatic rings. The average molecular weight is 410 g/mol. The predicted octanol–water partition coefficient (Wildman–Crippen LogP) is 3.37.